The van der Waals surface area contributed by atoms with Crippen LogP contribution in [0, 0.1) is 17.2 Å². The minimum absolute atomic E-state index is 0.0161. The van der Waals surface area contributed by atoms with Gasteiger partial charge in [0.25, 0.3) is 0 Å². The van der Waals surface area contributed by atoms with Crippen molar-refractivity contribution in [3.8, 4) is 6.07 Å². The zero-order valence-corrected chi connectivity index (χ0v) is 10.2. The Morgan fingerprint density at radius 2 is 1.94 bits per heavy atom. The molecule has 1 N–H and O–H groups in total. The predicted molar refractivity (Wildman–Crippen MR) is 69.6 cm³/mol. The molecule has 1 aromatic rings. The molecular formula is C15H20N2. The zero-order chi connectivity index (χ0) is 11.9. The van der Waals surface area contributed by atoms with Crippen molar-refractivity contribution < 1.29 is 0 Å². The Hall–Kier alpha value is -1.33. The van der Waals surface area contributed by atoms with Crippen molar-refractivity contribution in [1.82, 2.24) is 5.32 Å². The molecule has 1 aromatic carbocycles. The molecule has 0 amide bonds. The van der Waals surface area contributed by atoms with Crippen molar-refractivity contribution >= 4 is 0 Å². The van der Waals surface area contributed by atoms with Gasteiger partial charge in [-0.2, -0.15) is 5.26 Å². The fraction of sp³-hybridized carbons (Fsp3) is 0.533. The highest BCUT2D eigenvalue weighted by atomic mass is 14.9. The average molecular weight is 228 g/mol. The molecule has 1 unspecified atom stereocenters. The van der Waals surface area contributed by atoms with Gasteiger partial charge in [0, 0.05) is 6.54 Å². The maximum Gasteiger partial charge on any atom is 0.0837 e. The number of nitrogens with one attached hydrogen (secondary N) is 1. The highest BCUT2D eigenvalue weighted by molar-refractivity contribution is 5.24. The van der Waals surface area contributed by atoms with Crippen molar-refractivity contribution in [3.05, 3.63) is 35.9 Å². The Balaban J connectivity index is 1.78. The molecule has 2 heteroatoms. The lowest BCUT2D eigenvalue weighted by atomic mass is 10.0. The SMILES string of the molecule is N#CC(CNCC1CCCC1)c1ccccc1. The fourth-order valence-electron chi connectivity index (χ4n) is 2.57. The highest BCUT2D eigenvalue weighted by Gasteiger charge is 2.15. The topological polar surface area (TPSA) is 35.8 Å². The first-order valence-corrected chi connectivity index (χ1v) is 6.55. The van der Waals surface area contributed by atoms with Gasteiger partial charge < -0.3 is 5.32 Å². The van der Waals surface area contributed by atoms with E-state index < -0.39 is 0 Å². The molecule has 0 radical (unpaired) electrons. The quantitative estimate of drug-likeness (QED) is 0.840. The summed E-state index contributed by atoms with van der Waals surface area (Å²) in [6.45, 7) is 1.85. The number of rotatable bonds is 5. The van der Waals surface area contributed by atoms with Crippen LogP contribution < -0.4 is 5.32 Å². The van der Waals surface area contributed by atoms with Crippen LogP contribution in [-0.4, -0.2) is 13.1 Å². The van der Waals surface area contributed by atoms with Gasteiger partial charge in [-0.05, 0) is 30.9 Å². The van der Waals surface area contributed by atoms with E-state index in [-0.39, 0.29) is 5.92 Å². The molecule has 0 bridgehead atoms. The van der Waals surface area contributed by atoms with Gasteiger partial charge in [0.2, 0.25) is 0 Å². The van der Waals surface area contributed by atoms with E-state index >= 15 is 0 Å². The minimum atomic E-state index is -0.0161. The molecule has 1 aliphatic carbocycles. The number of benzene rings is 1. The van der Waals surface area contributed by atoms with E-state index in [2.05, 4.69) is 11.4 Å². The van der Waals surface area contributed by atoms with Gasteiger partial charge in [0.15, 0.2) is 0 Å². The molecule has 90 valence electrons. The summed E-state index contributed by atoms with van der Waals surface area (Å²) < 4.78 is 0. The van der Waals surface area contributed by atoms with Crippen molar-refractivity contribution in [2.24, 2.45) is 5.92 Å². The molecule has 1 atom stereocenters. The molecule has 1 saturated carbocycles. The normalized spacial score (nSPS) is 17.8. The summed E-state index contributed by atoms with van der Waals surface area (Å²) in [5, 5.41) is 12.6. The Labute approximate surface area is 104 Å². The smallest absolute Gasteiger partial charge is 0.0837 e. The molecule has 2 rings (SSSR count). The second-order valence-corrected chi connectivity index (χ2v) is 4.90. The third-order valence-electron chi connectivity index (χ3n) is 3.61. The van der Waals surface area contributed by atoms with Crippen LogP contribution in [0.2, 0.25) is 0 Å². The van der Waals surface area contributed by atoms with Crippen LogP contribution in [0.3, 0.4) is 0 Å². The average Bonchev–Trinajstić information content (AvgIpc) is 2.89. The van der Waals surface area contributed by atoms with Crippen LogP contribution in [0.1, 0.15) is 37.2 Å². The Morgan fingerprint density at radius 1 is 1.24 bits per heavy atom. The van der Waals surface area contributed by atoms with Crippen LogP contribution in [0.5, 0.6) is 0 Å². The minimum Gasteiger partial charge on any atom is -0.315 e. The predicted octanol–water partition coefficient (Wildman–Crippen LogP) is 3.07. The fourth-order valence-corrected chi connectivity index (χ4v) is 2.57. The van der Waals surface area contributed by atoms with Gasteiger partial charge in [-0.25, -0.2) is 0 Å². The first kappa shape index (κ1) is 12.1. The van der Waals surface area contributed by atoms with Gasteiger partial charge in [0.1, 0.15) is 0 Å². The summed E-state index contributed by atoms with van der Waals surface area (Å²) >= 11 is 0. The van der Waals surface area contributed by atoms with Crippen molar-refractivity contribution in [2.45, 2.75) is 31.6 Å². The van der Waals surface area contributed by atoms with Gasteiger partial charge in [-0.1, -0.05) is 43.2 Å². The molecule has 1 fully saturated rings. The maximum atomic E-state index is 9.18. The van der Waals surface area contributed by atoms with E-state index in [1.165, 1.54) is 25.7 Å². The van der Waals surface area contributed by atoms with Crippen LogP contribution in [-0.2, 0) is 0 Å². The van der Waals surface area contributed by atoms with E-state index in [1.54, 1.807) is 0 Å². The Bertz CT molecular complexity index is 360. The van der Waals surface area contributed by atoms with Gasteiger partial charge in [0.05, 0.1) is 12.0 Å². The zero-order valence-electron chi connectivity index (χ0n) is 10.2. The van der Waals surface area contributed by atoms with E-state index in [0.29, 0.717) is 0 Å². The van der Waals surface area contributed by atoms with Gasteiger partial charge in [-0.3, -0.25) is 0 Å². The molecule has 0 aliphatic heterocycles. The molecule has 0 aromatic heterocycles. The van der Waals surface area contributed by atoms with Crippen molar-refractivity contribution in [3.63, 3.8) is 0 Å². The Morgan fingerprint density at radius 3 is 2.59 bits per heavy atom. The monoisotopic (exact) mass is 228 g/mol. The van der Waals surface area contributed by atoms with Crippen LogP contribution in [0.25, 0.3) is 0 Å². The summed E-state index contributed by atoms with van der Waals surface area (Å²) in [4.78, 5) is 0. The molecule has 0 heterocycles. The molecule has 0 saturated heterocycles. The second-order valence-electron chi connectivity index (χ2n) is 4.90. The highest BCUT2D eigenvalue weighted by Crippen LogP contribution is 2.24. The number of hydrogen-bond acceptors (Lipinski definition) is 2. The lowest BCUT2D eigenvalue weighted by Crippen LogP contribution is -2.26. The van der Waals surface area contributed by atoms with E-state index in [0.717, 1.165) is 24.6 Å². The van der Waals surface area contributed by atoms with Crippen molar-refractivity contribution in [2.75, 3.05) is 13.1 Å². The van der Waals surface area contributed by atoms with E-state index in [1.807, 2.05) is 30.3 Å². The third kappa shape index (κ3) is 3.57. The van der Waals surface area contributed by atoms with E-state index in [4.69, 9.17) is 0 Å². The van der Waals surface area contributed by atoms with Gasteiger partial charge >= 0.3 is 0 Å². The van der Waals surface area contributed by atoms with Crippen LogP contribution >= 0.6 is 0 Å². The molecule has 2 nitrogen and oxygen atoms in total. The third-order valence-corrected chi connectivity index (χ3v) is 3.61. The standard InChI is InChI=1S/C15H20N2/c16-10-15(14-8-2-1-3-9-14)12-17-11-13-6-4-5-7-13/h1-3,8-9,13,15,17H,4-7,11-12H2. The maximum absolute atomic E-state index is 9.18. The van der Waals surface area contributed by atoms with Gasteiger partial charge in [-0.15, -0.1) is 0 Å². The second kappa shape index (κ2) is 6.42. The summed E-state index contributed by atoms with van der Waals surface area (Å²) in [6, 6.07) is 12.4. The lowest BCUT2D eigenvalue weighted by Gasteiger charge is -2.13. The molecular weight excluding hydrogens is 208 g/mol. The summed E-state index contributed by atoms with van der Waals surface area (Å²) in [7, 11) is 0. The largest absolute Gasteiger partial charge is 0.315 e. The number of nitrogens with zero attached hydrogens (tertiary/aromatic N) is 1. The summed E-state index contributed by atoms with van der Waals surface area (Å²) in [5.41, 5.74) is 1.12. The molecule has 1 aliphatic rings. The van der Waals surface area contributed by atoms with Crippen molar-refractivity contribution in [1.29, 1.82) is 5.26 Å². The van der Waals surface area contributed by atoms with E-state index in [9.17, 15) is 5.26 Å². The first-order chi connectivity index (χ1) is 8.40. The Kier molecular flexibility index (Phi) is 4.58. The number of nitriles is 1. The first-order valence-electron chi connectivity index (χ1n) is 6.55. The summed E-state index contributed by atoms with van der Waals surface area (Å²) in [5.74, 6) is 0.822. The molecule has 0 spiro atoms. The van der Waals surface area contributed by atoms with Crippen LogP contribution in [0.15, 0.2) is 30.3 Å². The van der Waals surface area contributed by atoms with Crippen LogP contribution in [0.4, 0.5) is 0 Å². The number of hydrogen-bond donors (Lipinski definition) is 1. The lowest BCUT2D eigenvalue weighted by molar-refractivity contribution is 0.485. The molecule has 17 heavy (non-hydrogen) atoms. The summed E-state index contributed by atoms with van der Waals surface area (Å²) in [6.07, 6.45) is 5.48.